The number of rotatable bonds is 7. The number of hydrogen-bond donors (Lipinski definition) is 6. The van der Waals surface area contributed by atoms with Crippen LogP contribution in [0.25, 0.3) is 12.2 Å². The predicted octanol–water partition coefficient (Wildman–Crippen LogP) is 1.12. The van der Waals surface area contributed by atoms with Gasteiger partial charge < -0.3 is 44.8 Å². The first kappa shape index (κ1) is 28.0. The van der Waals surface area contributed by atoms with Gasteiger partial charge in [-0.15, -0.1) is 0 Å². The van der Waals surface area contributed by atoms with Crippen molar-refractivity contribution in [2.24, 2.45) is 0 Å². The van der Waals surface area contributed by atoms with Gasteiger partial charge in [0.15, 0.2) is 34.7 Å². The second-order valence-electron chi connectivity index (χ2n) is 8.54. The number of carbonyl (C=O) groups excluding carboxylic acids is 3. The van der Waals surface area contributed by atoms with Crippen LogP contribution in [0.5, 0.6) is 23.0 Å². The van der Waals surface area contributed by atoms with E-state index in [9.17, 15) is 45.0 Å². The lowest BCUT2D eigenvalue weighted by molar-refractivity contribution is -0.206. The van der Waals surface area contributed by atoms with E-state index in [-0.39, 0.29) is 11.5 Å². The van der Waals surface area contributed by atoms with E-state index in [2.05, 4.69) is 4.74 Å². The van der Waals surface area contributed by atoms with Gasteiger partial charge in [0.05, 0.1) is 13.2 Å². The van der Waals surface area contributed by atoms with Crippen LogP contribution >= 0.6 is 0 Å². The minimum Gasteiger partial charge on any atom is -0.504 e. The summed E-state index contributed by atoms with van der Waals surface area (Å²) in [6, 6.07) is 7.61. The molecule has 1 aliphatic rings. The van der Waals surface area contributed by atoms with Gasteiger partial charge in [-0.2, -0.15) is 0 Å². The average Bonchev–Trinajstić information content (AvgIpc) is 2.87. The third-order valence-corrected chi connectivity index (χ3v) is 5.74. The van der Waals surface area contributed by atoms with Crippen LogP contribution in [0.1, 0.15) is 24.0 Å². The molecule has 12 nitrogen and oxygen atoms in total. The Labute approximate surface area is 216 Å². The summed E-state index contributed by atoms with van der Waals surface area (Å²) >= 11 is 0. The van der Waals surface area contributed by atoms with Crippen LogP contribution in [0.3, 0.4) is 0 Å². The number of hydrogen-bond acceptors (Lipinski definition) is 12. The van der Waals surface area contributed by atoms with Gasteiger partial charge in [0.1, 0.15) is 6.10 Å². The molecule has 2 aromatic rings. The predicted molar refractivity (Wildman–Crippen MR) is 130 cm³/mol. The fourth-order valence-corrected chi connectivity index (χ4v) is 3.84. The first-order valence-electron chi connectivity index (χ1n) is 11.2. The molecule has 4 atom stereocenters. The molecular formula is C26H26O12. The van der Waals surface area contributed by atoms with Gasteiger partial charge >= 0.3 is 17.9 Å². The Hall–Kier alpha value is -4.55. The molecule has 0 saturated heterocycles. The first-order valence-corrected chi connectivity index (χ1v) is 11.2. The van der Waals surface area contributed by atoms with E-state index < -0.39 is 66.2 Å². The zero-order valence-corrected chi connectivity index (χ0v) is 20.1. The Balaban J connectivity index is 1.77. The minimum atomic E-state index is -2.23. The molecule has 3 rings (SSSR count). The zero-order valence-electron chi connectivity index (χ0n) is 20.1. The monoisotopic (exact) mass is 530 g/mol. The lowest BCUT2D eigenvalue weighted by atomic mass is 9.79. The average molecular weight is 530 g/mol. The van der Waals surface area contributed by atoms with Gasteiger partial charge in [0.2, 0.25) is 0 Å². The Morgan fingerprint density at radius 2 is 1.32 bits per heavy atom. The number of phenolic OH excluding ortho intramolecular Hbond substituents is 4. The number of aromatic hydroxyl groups is 4. The van der Waals surface area contributed by atoms with E-state index in [4.69, 9.17) is 9.47 Å². The third-order valence-electron chi connectivity index (χ3n) is 5.74. The highest BCUT2D eigenvalue weighted by Gasteiger charge is 2.52. The Morgan fingerprint density at radius 1 is 0.816 bits per heavy atom. The number of ether oxygens (including phenoxy) is 3. The van der Waals surface area contributed by atoms with E-state index in [0.29, 0.717) is 11.1 Å². The van der Waals surface area contributed by atoms with Crippen molar-refractivity contribution in [1.29, 1.82) is 0 Å². The van der Waals surface area contributed by atoms with E-state index in [1.54, 1.807) is 0 Å². The maximum absolute atomic E-state index is 12.5. The van der Waals surface area contributed by atoms with Crippen molar-refractivity contribution in [2.45, 2.75) is 36.8 Å². The maximum Gasteiger partial charge on any atom is 0.338 e. The molecule has 0 radical (unpaired) electrons. The molecule has 0 heterocycles. The molecule has 1 aliphatic carbocycles. The van der Waals surface area contributed by atoms with E-state index in [0.717, 1.165) is 19.3 Å². The second-order valence-corrected chi connectivity index (χ2v) is 8.54. The summed E-state index contributed by atoms with van der Waals surface area (Å²) in [6.45, 7) is 0. The Kier molecular flexibility index (Phi) is 8.61. The van der Waals surface area contributed by atoms with E-state index in [1.807, 2.05) is 0 Å². The second kappa shape index (κ2) is 11.7. The highest BCUT2D eigenvalue weighted by Crippen LogP contribution is 2.34. The highest BCUT2D eigenvalue weighted by molar-refractivity contribution is 5.88. The van der Waals surface area contributed by atoms with Crippen molar-refractivity contribution in [3.05, 3.63) is 59.7 Å². The topological polar surface area (TPSA) is 200 Å². The molecule has 0 amide bonds. The van der Waals surface area contributed by atoms with Crippen molar-refractivity contribution in [2.75, 3.05) is 7.11 Å². The molecule has 2 aromatic carbocycles. The van der Waals surface area contributed by atoms with Crippen LogP contribution in [0.4, 0.5) is 0 Å². The molecule has 38 heavy (non-hydrogen) atoms. The van der Waals surface area contributed by atoms with Crippen molar-refractivity contribution in [3.8, 4) is 23.0 Å². The molecule has 202 valence electrons. The largest absolute Gasteiger partial charge is 0.504 e. The Bertz CT molecular complexity index is 1270. The van der Waals surface area contributed by atoms with Crippen LogP contribution < -0.4 is 0 Å². The summed E-state index contributed by atoms with van der Waals surface area (Å²) in [5.74, 6) is -4.57. The summed E-state index contributed by atoms with van der Waals surface area (Å²) in [5.41, 5.74) is -1.55. The summed E-state index contributed by atoms with van der Waals surface area (Å²) in [4.78, 5) is 37.1. The number of aliphatic hydroxyl groups excluding tert-OH is 1. The van der Waals surface area contributed by atoms with Crippen molar-refractivity contribution in [3.63, 3.8) is 0 Å². The smallest absolute Gasteiger partial charge is 0.338 e. The maximum atomic E-state index is 12.5. The van der Waals surface area contributed by atoms with E-state index in [1.165, 1.54) is 48.6 Å². The van der Waals surface area contributed by atoms with Gasteiger partial charge in [0, 0.05) is 25.0 Å². The molecule has 0 aromatic heterocycles. The summed E-state index contributed by atoms with van der Waals surface area (Å²) in [6.07, 6.45) is -1.24. The van der Waals surface area contributed by atoms with Gasteiger partial charge in [-0.1, -0.05) is 12.1 Å². The fraction of sp³-hybridized carbons (Fsp3) is 0.269. The number of esters is 3. The van der Waals surface area contributed by atoms with Gasteiger partial charge in [-0.05, 0) is 47.5 Å². The lowest BCUT2D eigenvalue weighted by Gasteiger charge is -2.41. The molecule has 6 N–H and O–H groups in total. The first-order chi connectivity index (χ1) is 17.9. The molecule has 1 fully saturated rings. The SMILES string of the molecule is COC(=O)[C@]1(O)C[C@@H](O)[C@H](OC(=O)C=Cc2ccc(O)c(O)c2)[C@@H](OC(=O)C=Cc2ccc(O)c(O)c2)C1. The molecule has 1 saturated carbocycles. The highest BCUT2D eigenvalue weighted by atomic mass is 16.6. The normalized spacial score (nSPS) is 23.3. The summed E-state index contributed by atoms with van der Waals surface area (Å²) < 4.78 is 15.2. The van der Waals surface area contributed by atoms with Crippen LogP contribution in [0, 0.1) is 0 Å². The number of carbonyl (C=O) groups is 3. The van der Waals surface area contributed by atoms with Gasteiger partial charge in [0.25, 0.3) is 0 Å². The summed E-state index contributed by atoms with van der Waals surface area (Å²) in [5, 5.41) is 59.2. The molecule has 12 heteroatoms. The molecule has 0 spiro atoms. The lowest BCUT2D eigenvalue weighted by Crippen LogP contribution is -2.58. The Morgan fingerprint density at radius 3 is 1.79 bits per heavy atom. The van der Waals surface area contributed by atoms with Crippen molar-refractivity contribution < 1.29 is 59.2 Å². The molecule has 0 unspecified atom stereocenters. The third kappa shape index (κ3) is 6.81. The van der Waals surface area contributed by atoms with Crippen LogP contribution in [0.2, 0.25) is 0 Å². The van der Waals surface area contributed by atoms with E-state index >= 15 is 0 Å². The molecule has 0 aliphatic heterocycles. The van der Waals surface area contributed by atoms with Crippen molar-refractivity contribution in [1.82, 2.24) is 0 Å². The van der Waals surface area contributed by atoms with Gasteiger partial charge in [-0.25, -0.2) is 14.4 Å². The van der Waals surface area contributed by atoms with Crippen molar-refractivity contribution >= 4 is 30.1 Å². The van der Waals surface area contributed by atoms with Gasteiger partial charge in [-0.3, -0.25) is 0 Å². The van der Waals surface area contributed by atoms with Crippen LogP contribution in [-0.4, -0.2) is 79.6 Å². The van der Waals surface area contributed by atoms with Crippen LogP contribution in [0.15, 0.2) is 48.6 Å². The quantitative estimate of drug-likeness (QED) is 0.129. The number of benzene rings is 2. The summed E-state index contributed by atoms with van der Waals surface area (Å²) in [7, 11) is 1.03. The number of aliphatic hydroxyl groups is 2. The number of methoxy groups -OCH3 is 1. The molecular weight excluding hydrogens is 504 g/mol. The number of phenols is 4. The standard InChI is InChI=1S/C26H26O12/c1-36-25(34)26(35)12-20(31)24(38-23(33)9-5-15-3-7-17(28)19(30)11-15)21(13-26)37-22(32)8-4-14-2-6-16(27)18(29)10-14/h2-11,20-21,24,27-31,35H,12-13H2,1H3/t20-,21+,24+,26+/m1/s1. The molecule has 0 bridgehead atoms. The minimum absolute atomic E-state index is 0.334. The van der Waals surface area contributed by atoms with Crippen LogP contribution in [-0.2, 0) is 28.6 Å². The zero-order chi connectivity index (χ0) is 28.0. The fourth-order valence-electron chi connectivity index (χ4n) is 3.84.